The van der Waals surface area contributed by atoms with Crippen molar-refractivity contribution in [3.63, 3.8) is 0 Å². The molecule has 2 nitrogen and oxygen atoms in total. The molecule has 0 spiro atoms. The van der Waals surface area contributed by atoms with Crippen LogP contribution in [0, 0.1) is 23.2 Å². The average Bonchev–Trinajstić information content (AvgIpc) is 2.10. The van der Waals surface area contributed by atoms with E-state index in [1.807, 2.05) is 6.07 Å². The highest BCUT2D eigenvalue weighted by Gasteiger charge is 2.01. The van der Waals surface area contributed by atoms with Gasteiger partial charge in [0.15, 0.2) is 0 Å². The van der Waals surface area contributed by atoms with Crippen molar-refractivity contribution in [2.24, 2.45) is 0 Å². The van der Waals surface area contributed by atoms with Crippen molar-refractivity contribution in [1.82, 2.24) is 4.98 Å². The van der Waals surface area contributed by atoms with Gasteiger partial charge in [-0.2, -0.15) is 5.26 Å². The SMILES string of the molecule is N#CCC#Cc1c(Cl)cncc1Cl. The predicted octanol–water partition coefficient (Wildman–Crippen LogP) is 2.65. The lowest BCUT2D eigenvalue weighted by atomic mass is 10.2. The van der Waals surface area contributed by atoms with Crippen molar-refractivity contribution in [3.05, 3.63) is 28.0 Å². The third kappa shape index (κ3) is 2.63. The molecule has 0 bridgehead atoms. The van der Waals surface area contributed by atoms with Gasteiger partial charge in [0.05, 0.1) is 28.1 Å². The Morgan fingerprint density at radius 2 is 1.92 bits per heavy atom. The van der Waals surface area contributed by atoms with Crippen LogP contribution in [0.15, 0.2) is 12.4 Å². The molecule has 0 fully saturated rings. The Kier molecular flexibility index (Phi) is 3.58. The van der Waals surface area contributed by atoms with E-state index < -0.39 is 0 Å². The minimum absolute atomic E-state index is 0.162. The van der Waals surface area contributed by atoms with Crippen LogP contribution in [0.3, 0.4) is 0 Å². The van der Waals surface area contributed by atoms with E-state index in [1.54, 1.807) is 0 Å². The van der Waals surface area contributed by atoms with Gasteiger partial charge in [0.25, 0.3) is 0 Å². The van der Waals surface area contributed by atoms with E-state index >= 15 is 0 Å². The zero-order valence-electron chi connectivity index (χ0n) is 6.51. The zero-order valence-corrected chi connectivity index (χ0v) is 8.02. The normalized spacial score (nSPS) is 8.38. The Morgan fingerprint density at radius 3 is 2.46 bits per heavy atom. The molecule has 1 rings (SSSR count). The number of halogens is 2. The van der Waals surface area contributed by atoms with Gasteiger partial charge >= 0.3 is 0 Å². The van der Waals surface area contributed by atoms with Crippen molar-refractivity contribution >= 4 is 23.2 Å². The summed E-state index contributed by atoms with van der Waals surface area (Å²) in [6.07, 6.45) is 3.09. The van der Waals surface area contributed by atoms with Gasteiger partial charge in [-0.3, -0.25) is 4.98 Å². The lowest BCUT2D eigenvalue weighted by Gasteiger charge is -1.95. The van der Waals surface area contributed by atoms with Crippen LogP contribution in [0.25, 0.3) is 0 Å². The summed E-state index contributed by atoms with van der Waals surface area (Å²) in [5.41, 5.74) is 0.522. The van der Waals surface area contributed by atoms with Gasteiger partial charge in [-0.1, -0.05) is 35.0 Å². The van der Waals surface area contributed by atoms with Crippen LogP contribution in [0.5, 0.6) is 0 Å². The second kappa shape index (κ2) is 4.72. The Hall–Kier alpha value is -1.22. The number of pyridine rings is 1. The van der Waals surface area contributed by atoms with Crippen molar-refractivity contribution in [3.8, 4) is 17.9 Å². The highest BCUT2D eigenvalue weighted by Crippen LogP contribution is 2.21. The summed E-state index contributed by atoms with van der Waals surface area (Å²) in [6.45, 7) is 0. The molecular formula is C9H4Cl2N2. The Balaban J connectivity index is 3.03. The molecule has 0 aliphatic carbocycles. The molecule has 0 N–H and O–H groups in total. The van der Waals surface area contributed by atoms with E-state index in [4.69, 9.17) is 28.5 Å². The van der Waals surface area contributed by atoms with Crippen LogP contribution in [0.2, 0.25) is 10.0 Å². The summed E-state index contributed by atoms with van der Waals surface area (Å²) in [5, 5.41) is 9.05. The maximum absolute atomic E-state index is 8.25. The topological polar surface area (TPSA) is 36.7 Å². The first-order valence-electron chi connectivity index (χ1n) is 3.40. The van der Waals surface area contributed by atoms with Crippen LogP contribution in [-0.2, 0) is 0 Å². The number of aromatic nitrogens is 1. The van der Waals surface area contributed by atoms with Crippen molar-refractivity contribution in [2.45, 2.75) is 6.42 Å². The van der Waals surface area contributed by atoms with Gasteiger partial charge in [0.2, 0.25) is 0 Å². The van der Waals surface area contributed by atoms with Crippen molar-refractivity contribution < 1.29 is 0 Å². The highest BCUT2D eigenvalue weighted by atomic mass is 35.5. The predicted molar refractivity (Wildman–Crippen MR) is 51.4 cm³/mol. The lowest BCUT2D eigenvalue weighted by Crippen LogP contribution is -1.81. The summed E-state index contributed by atoms with van der Waals surface area (Å²) >= 11 is 11.6. The molecule has 1 aromatic rings. The number of rotatable bonds is 0. The van der Waals surface area contributed by atoms with E-state index in [0.29, 0.717) is 15.6 Å². The Bertz CT molecular complexity index is 390. The molecule has 0 aromatic carbocycles. The molecule has 1 heterocycles. The van der Waals surface area contributed by atoms with Gasteiger partial charge in [0.1, 0.15) is 0 Å². The smallest absolute Gasteiger partial charge is 0.0966 e. The van der Waals surface area contributed by atoms with E-state index in [-0.39, 0.29) is 6.42 Å². The highest BCUT2D eigenvalue weighted by molar-refractivity contribution is 6.36. The Morgan fingerprint density at radius 1 is 1.31 bits per heavy atom. The molecule has 0 saturated heterocycles. The van der Waals surface area contributed by atoms with Crippen molar-refractivity contribution in [1.29, 1.82) is 5.26 Å². The summed E-state index contributed by atoms with van der Waals surface area (Å²) in [6, 6.07) is 1.90. The second-order valence-corrected chi connectivity index (χ2v) is 2.93. The first-order valence-corrected chi connectivity index (χ1v) is 4.16. The molecule has 0 aliphatic heterocycles. The molecule has 0 aliphatic rings. The number of hydrogen-bond donors (Lipinski definition) is 0. The number of nitrogens with zero attached hydrogens (tertiary/aromatic N) is 2. The zero-order chi connectivity index (χ0) is 9.68. The molecule has 64 valence electrons. The van der Waals surface area contributed by atoms with E-state index in [2.05, 4.69) is 16.8 Å². The van der Waals surface area contributed by atoms with E-state index in [0.717, 1.165) is 0 Å². The fraction of sp³-hybridized carbons (Fsp3) is 0.111. The summed E-state index contributed by atoms with van der Waals surface area (Å²) in [7, 11) is 0. The minimum atomic E-state index is 0.162. The third-order valence-electron chi connectivity index (χ3n) is 1.23. The molecule has 0 atom stereocenters. The van der Waals surface area contributed by atoms with Gasteiger partial charge in [0, 0.05) is 12.4 Å². The van der Waals surface area contributed by atoms with E-state index in [9.17, 15) is 0 Å². The van der Waals surface area contributed by atoms with Gasteiger partial charge < -0.3 is 0 Å². The first kappa shape index (κ1) is 9.86. The van der Waals surface area contributed by atoms with Crippen LogP contribution in [0.4, 0.5) is 0 Å². The van der Waals surface area contributed by atoms with Crippen molar-refractivity contribution in [2.75, 3.05) is 0 Å². The number of hydrogen-bond acceptors (Lipinski definition) is 2. The maximum atomic E-state index is 8.25. The standard InChI is InChI=1S/C9H4Cl2N2/c10-8-5-13-6-9(11)7(8)3-1-2-4-12/h5-6H,2H2. The molecule has 0 amide bonds. The summed E-state index contributed by atoms with van der Waals surface area (Å²) in [4.78, 5) is 3.78. The maximum Gasteiger partial charge on any atom is 0.0966 e. The third-order valence-corrected chi connectivity index (χ3v) is 1.81. The molecule has 1 aromatic heterocycles. The average molecular weight is 211 g/mol. The molecule has 13 heavy (non-hydrogen) atoms. The van der Waals surface area contributed by atoms with E-state index in [1.165, 1.54) is 12.4 Å². The fourth-order valence-electron chi connectivity index (χ4n) is 0.703. The van der Waals surface area contributed by atoms with Crippen LogP contribution in [-0.4, -0.2) is 4.98 Å². The minimum Gasteiger partial charge on any atom is -0.262 e. The molecular weight excluding hydrogens is 207 g/mol. The van der Waals surface area contributed by atoms with Gasteiger partial charge in [-0.25, -0.2) is 0 Å². The van der Waals surface area contributed by atoms with Crippen LogP contribution < -0.4 is 0 Å². The lowest BCUT2D eigenvalue weighted by molar-refractivity contribution is 1.32. The fourth-order valence-corrected chi connectivity index (χ4v) is 1.16. The van der Waals surface area contributed by atoms with Gasteiger partial charge in [-0.05, 0) is 0 Å². The first-order chi connectivity index (χ1) is 6.25. The second-order valence-electron chi connectivity index (χ2n) is 2.11. The largest absolute Gasteiger partial charge is 0.262 e. The Labute approximate surface area is 86.1 Å². The molecule has 0 saturated carbocycles. The van der Waals surface area contributed by atoms with Crippen LogP contribution >= 0.6 is 23.2 Å². The van der Waals surface area contributed by atoms with Gasteiger partial charge in [-0.15, -0.1) is 0 Å². The van der Waals surface area contributed by atoms with Crippen LogP contribution in [0.1, 0.15) is 12.0 Å². The number of nitriles is 1. The molecule has 0 unspecified atom stereocenters. The quantitative estimate of drug-likeness (QED) is 0.618. The molecule has 0 radical (unpaired) electrons. The monoisotopic (exact) mass is 210 g/mol. The summed E-state index contributed by atoms with van der Waals surface area (Å²) < 4.78 is 0. The summed E-state index contributed by atoms with van der Waals surface area (Å²) in [5.74, 6) is 5.33. The molecule has 4 heteroatoms.